The maximum Gasteiger partial charge on any atom is 0.192 e. The molecule has 3 aromatic rings. The number of thioether (sulfide) groups is 1. The van der Waals surface area contributed by atoms with Gasteiger partial charge in [-0.2, -0.15) is 0 Å². The minimum Gasteiger partial charge on any atom is -0.491 e. The van der Waals surface area contributed by atoms with Gasteiger partial charge in [-0.1, -0.05) is 47.6 Å². The molecule has 1 unspecified atom stereocenters. The van der Waals surface area contributed by atoms with E-state index in [0.717, 1.165) is 28.2 Å². The number of para-hydroxylation sites is 3. The van der Waals surface area contributed by atoms with Crippen molar-refractivity contribution in [2.24, 2.45) is 7.05 Å². The lowest BCUT2D eigenvalue weighted by atomic mass is 10.2. The number of hydrogen-bond acceptors (Lipinski definition) is 6. The Kier molecular flexibility index (Phi) is 5.40. The summed E-state index contributed by atoms with van der Waals surface area (Å²) < 4.78 is 19.4. The fourth-order valence-corrected chi connectivity index (χ4v) is 3.65. The molecule has 0 bridgehead atoms. The number of halogens is 1. The Labute approximate surface area is 166 Å². The summed E-state index contributed by atoms with van der Waals surface area (Å²) in [5.74, 6) is 3.62. The van der Waals surface area contributed by atoms with Crippen LogP contribution in [0.4, 0.5) is 0 Å². The summed E-state index contributed by atoms with van der Waals surface area (Å²) in [4.78, 5) is 0. The van der Waals surface area contributed by atoms with Crippen molar-refractivity contribution < 1.29 is 14.2 Å². The monoisotopic (exact) mass is 403 g/mol. The standard InChI is InChI=1S/C19H18ClN3O3S/c1-23-18(17-12-25-15-8-4-5-9-16(15)26-17)21-22-19(23)27-11-10-24-14-7-3-2-6-13(14)20/h2-9,17H,10-12H2,1H3. The maximum atomic E-state index is 6.09. The minimum absolute atomic E-state index is 0.286. The van der Waals surface area contributed by atoms with Crippen molar-refractivity contribution in [2.45, 2.75) is 11.3 Å². The van der Waals surface area contributed by atoms with Crippen LogP contribution in [-0.4, -0.2) is 33.7 Å². The topological polar surface area (TPSA) is 58.4 Å². The van der Waals surface area contributed by atoms with Gasteiger partial charge >= 0.3 is 0 Å². The van der Waals surface area contributed by atoms with Gasteiger partial charge in [-0.15, -0.1) is 10.2 Å². The zero-order valence-corrected chi connectivity index (χ0v) is 16.2. The van der Waals surface area contributed by atoms with Crippen LogP contribution in [0.15, 0.2) is 53.7 Å². The molecular weight excluding hydrogens is 386 g/mol. The average Bonchev–Trinajstić information content (AvgIpc) is 3.06. The van der Waals surface area contributed by atoms with Crippen LogP contribution in [0.2, 0.25) is 5.02 Å². The van der Waals surface area contributed by atoms with Crippen molar-refractivity contribution in [3.63, 3.8) is 0 Å². The lowest BCUT2D eigenvalue weighted by Gasteiger charge is -2.25. The molecule has 8 heteroatoms. The van der Waals surface area contributed by atoms with E-state index in [1.54, 1.807) is 11.8 Å². The van der Waals surface area contributed by atoms with Crippen molar-refractivity contribution in [3.05, 3.63) is 59.4 Å². The van der Waals surface area contributed by atoms with Crippen LogP contribution in [0.5, 0.6) is 17.2 Å². The molecule has 2 heterocycles. The third-order valence-corrected chi connectivity index (χ3v) is 5.37. The number of benzene rings is 2. The van der Waals surface area contributed by atoms with Gasteiger partial charge in [-0.25, -0.2) is 0 Å². The van der Waals surface area contributed by atoms with Crippen molar-refractivity contribution in [1.82, 2.24) is 14.8 Å². The highest BCUT2D eigenvalue weighted by Crippen LogP contribution is 2.35. The Bertz CT molecular complexity index is 934. The highest BCUT2D eigenvalue weighted by Gasteiger charge is 2.27. The molecule has 0 saturated heterocycles. The Balaban J connectivity index is 1.35. The highest BCUT2D eigenvalue weighted by atomic mass is 35.5. The van der Waals surface area contributed by atoms with Crippen LogP contribution in [0.3, 0.4) is 0 Å². The second-order valence-corrected chi connectivity index (χ2v) is 7.36. The van der Waals surface area contributed by atoms with Crippen molar-refractivity contribution in [3.8, 4) is 17.2 Å². The van der Waals surface area contributed by atoms with Gasteiger partial charge in [0.25, 0.3) is 0 Å². The van der Waals surface area contributed by atoms with E-state index in [1.165, 1.54) is 0 Å². The molecule has 0 radical (unpaired) electrons. The Morgan fingerprint density at radius 2 is 1.93 bits per heavy atom. The lowest BCUT2D eigenvalue weighted by molar-refractivity contribution is 0.0825. The molecular formula is C19H18ClN3O3S. The fraction of sp³-hybridized carbons (Fsp3) is 0.263. The number of nitrogens with zero attached hydrogens (tertiary/aromatic N) is 3. The number of rotatable bonds is 6. The molecule has 2 aromatic carbocycles. The zero-order valence-electron chi connectivity index (χ0n) is 14.7. The highest BCUT2D eigenvalue weighted by molar-refractivity contribution is 7.99. The Morgan fingerprint density at radius 3 is 2.78 bits per heavy atom. The van der Waals surface area contributed by atoms with E-state index in [-0.39, 0.29) is 6.10 Å². The van der Waals surface area contributed by atoms with E-state index < -0.39 is 0 Å². The molecule has 6 nitrogen and oxygen atoms in total. The number of fused-ring (bicyclic) bond motifs is 1. The van der Waals surface area contributed by atoms with Crippen molar-refractivity contribution >= 4 is 23.4 Å². The summed E-state index contributed by atoms with van der Waals surface area (Å²) in [6, 6.07) is 15.1. The van der Waals surface area contributed by atoms with Gasteiger partial charge in [0.2, 0.25) is 0 Å². The van der Waals surface area contributed by atoms with Gasteiger partial charge in [0.1, 0.15) is 12.4 Å². The third kappa shape index (κ3) is 3.99. The van der Waals surface area contributed by atoms with Gasteiger partial charge in [0.05, 0.1) is 11.6 Å². The molecule has 0 N–H and O–H groups in total. The van der Waals surface area contributed by atoms with Crippen molar-refractivity contribution in [1.29, 1.82) is 0 Å². The molecule has 1 aliphatic heterocycles. The lowest BCUT2D eigenvalue weighted by Crippen LogP contribution is -2.24. The Hall–Kier alpha value is -2.38. The first-order chi connectivity index (χ1) is 13.2. The van der Waals surface area contributed by atoms with Crippen LogP contribution >= 0.6 is 23.4 Å². The molecule has 140 valence electrons. The maximum absolute atomic E-state index is 6.09. The molecule has 1 atom stereocenters. The quantitative estimate of drug-likeness (QED) is 0.455. The van der Waals surface area contributed by atoms with Gasteiger partial charge < -0.3 is 18.8 Å². The van der Waals surface area contributed by atoms with Crippen LogP contribution in [-0.2, 0) is 7.05 Å². The van der Waals surface area contributed by atoms with Gasteiger partial charge in [0.15, 0.2) is 28.6 Å². The molecule has 0 saturated carbocycles. The van der Waals surface area contributed by atoms with E-state index >= 15 is 0 Å². The first-order valence-corrected chi connectivity index (χ1v) is 9.86. The third-order valence-electron chi connectivity index (χ3n) is 4.07. The van der Waals surface area contributed by atoms with Crippen LogP contribution in [0.25, 0.3) is 0 Å². The SMILES string of the molecule is Cn1c(SCCOc2ccccc2Cl)nnc1C1COc2ccccc2O1. The molecule has 1 aromatic heterocycles. The summed E-state index contributed by atoms with van der Waals surface area (Å²) in [5.41, 5.74) is 0. The molecule has 1 aliphatic rings. The molecule has 0 aliphatic carbocycles. The summed E-state index contributed by atoms with van der Waals surface area (Å²) in [6.45, 7) is 0.927. The van der Waals surface area contributed by atoms with Crippen LogP contribution < -0.4 is 14.2 Å². The second kappa shape index (κ2) is 8.10. The molecule has 27 heavy (non-hydrogen) atoms. The van der Waals surface area contributed by atoms with E-state index in [0.29, 0.717) is 24.0 Å². The molecule has 0 fully saturated rings. The smallest absolute Gasteiger partial charge is 0.192 e. The van der Waals surface area contributed by atoms with Crippen LogP contribution in [0.1, 0.15) is 11.9 Å². The predicted molar refractivity (Wildman–Crippen MR) is 104 cm³/mol. The van der Waals surface area contributed by atoms with Gasteiger partial charge in [-0.05, 0) is 24.3 Å². The van der Waals surface area contributed by atoms with Gasteiger partial charge in [-0.3, -0.25) is 0 Å². The first kappa shape index (κ1) is 18.0. The first-order valence-electron chi connectivity index (χ1n) is 8.50. The van der Waals surface area contributed by atoms with E-state index in [2.05, 4.69) is 10.2 Å². The fourth-order valence-electron chi connectivity index (χ4n) is 2.73. The van der Waals surface area contributed by atoms with E-state index in [4.69, 9.17) is 25.8 Å². The Morgan fingerprint density at radius 1 is 1.15 bits per heavy atom. The number of ether oxygens (including phenoxy) is 3. The minimum atomic E-state index is -0.286. The summed E-state index contributed by atoms with van der Waals surface area (Å²) in [6.07, 6.45) is -0.286. The number of aromatic nitrogens is 3. The number of hydrogen-bond donors (Lipinski definition) is 0. The summed E-state index contributed by atoms with van der Waals surface area (Å²) in [5, 5.41) is 9.97. The molecule has 4 rings (SSSR count). The predicted octanol–water partition coefficient (Wildman–Crippen LogP) is 4.15. The average molecular weight is 404 g/mol. The summed E-state index contributed by atoms with van der Waals surface area (Å²) >= 11 is 7.65. The molecule has 0 amide bonds. The van der Waals surface area contributed by atoms with Gasteiger partial charge in [0, 0.05) is 12.8 Å². The normalized spacial score (nSPS) is 15.6. The van der Waals surface area contributed by atoms with Crippen LogP contribution in [0, 0.1) is 0 Å². The summed E-state index contributed by atoms with van der Waals surface area (Å²) in [7, 11) is 1.93. The molecule has 0 spiro atoms. The van der Waals surface area contributed by atoms with E-state index in [9.17, 15) is 0 Å². The second-order valence-electron chi connectivity index (χ2n) is 5.89. The largest absolute Gasteiger partial charge is 0.491 e. The van der Waals surface area contributed by atoms with E-state index in [1.807, 2.05) is 60.1 Å². The van der Waals surface area contributed by atoms with Crippen molar-refractivity contribution in [2.75, 3.05) is 19.0 Å². The zero-order chi connectivity index (χ0) is 18.6.